The minimum atomic E-state index is -1.67. The molecule has 0 fully saturated rings. The molecule has 1 aromatic heterocycles. The third kappa shape index (κ3) is 3.42. The predicted molar refractivity (Wildman–Crippen MR) is 70.7 cm³/mol. The summed E-state index contributed by atoms with van der Waals surface area (Å²) in [7, 11) is -1.67. The molecule has 0 aliphatic heterocycles. The van der Waals surface area contributed by atoms with Crippen LogP contribution in [0.5, 0.6) is 0 Å². The highest BCUT2D eigenvalue weighted by molar-refractivity contribution is 6.74. The SMILES string of the molecule is [CH2]c1cccc(CO[Si](C)(C)C(C)(C)C)n1. The zero-order valence-corrected chi connectivity index (χ0v) is 12.0. The van der Waals surface area contributed by atoms with Crippen molar-refractivity contribution in [2.75, 3.05) is 0 Å². The van der Waals surface area contributed by atoms with Gasteiger partial charge in [0.2, 0.25) is 0 Å². The Balaban J connectivity index is 2.65. The van der Waals surface area contributed by atoms with Gasteiger partial charge < -0.3 is 4.43 Å². The van der Waals surface area contributed by atoms with E-state index in [1.54, 1.807) is 0 Å². The highest BCUT2D eigenvalue weighted by Crippen LogP contribution is 2.36. The van der Waals surface area contributed by atoms with E-state index in [2.05, 4.69) is 45.8 Å². The monoisotopic (exact) mass is 236 g/mol. The first kappa shape index (κ1) is 13.4. The molecule has 0 unspecified atom stereocenters. The molecule has 0 aromatic carbocycles. The quantitative estimate of drug-likeness (QED) is 0.745. The summed E-state index contributed by atoms with van der Waals surface area (Å²) in [4.78, 5) is 4.34. The van der Waals surface area contributed by atoms with Gasteiger partial charge in [0.15, 0.2) is 8.32 Å². The maximum atomic E-state index is 6.08. The van der Waals surface area contributed by atoms with Crippen LogP contribution in [0.25, 0.3) is 0 Å². The molecule has 1 rings (SSSR count). The van der Waals surface area contributed by atoms with Crippen LogP contribution >= 0.6 is 0 Å². The molecule has 16 heavy (non-hydrogen) atoms. The Morgan fingerprint density at radius 1 is 1.31 bits per heavy atom. The summed E-state index contributed by atoms with van der Waals surface area (Å²) < 4.78 is 6.08. The van der Waals surface area contributed by atoms with Gasteiger partial charge in [0.1, 0.15) is 0 Å². The van der Waals surface area contributed by atoms with Gasteiger partial charge in [0.25, 0.3) is 0 Å². The molecular formula is C13H22NOSi. The van der Waals surface area contributed by atoms with Gasteiger partial charge in [-0.3, -0.25) is 4.98 Å². The summed E-state index contributed by atoms with van der Waals surface area (Å²) >= 11 is 0. The second kappa shape index (κ2) is 4.68. The van der Waals surface area contributed by atoms with Crippen LogP contribution in [0.4, 0.5) is 0 Å². The van der Waals surface area contributed by atoms with Gasteiger partial charge in [-0.05, 0) is 37.2 Å². The van der Waals surface area contributed by atoms with Crippen molar-refractivity contribution in [3.63, 3.8) is 0 Å². The molecule has 0 saturated heterocycles. The molecule has 1 radical (unpaired) electrons. The normalized spacial score (nSPS) is 12.9. The Kier molecular flexibility index (Phi) is 3.91. The predicted octanol–water partition coefficient (Wildman–Crippen LogP) is 3.79. The van der Waals surface area contributed by atoms with Crippen LogP contribution in [-0.2, 0) is 11.0 Å². The summed E-state index contributed by atoms with van der Waals surface area (Å²) in [5.41, 5.74) is 1.77. The lowest BCUT2D eigenvalue weighted by Gasteiger charge is -2.36. The lowest BCUT2D eigenvalue weighted by molar-refractivity contribution is 0.272. The van der Waals surface area contributed by atoms with E-state index in [4.69, 9.17) is 4.43 Å². The molecule has 1 aromatic rings. The lowest BCUT2D eigenvalue weighted by Crippen LogP contribution is -2.40. The molecule has 0 atom stereocenters. The first-order valence-corrected chi connectivity index (χ1v) is 8.55. The van der Waals surface area contributed by atoms with Gasteiger partial charge in [-0.25, -0.2) is 0 Å². The van der Waals surface area contributed by atoms with Crippen LogP contribution in [0.15, 0.2) is 18.2 Å². The van der Waals surface area contributed by atoms with E-state index in [1.807, 2.05) is 18.2 Å². The van der Waals surface area contributed by atoms with Crippen LogP contribution < -0.4 is 0 Å². The lowest BCUT2D eigenvalue weighted by atomic mass is 10.2. The molecule has 2 nitrogen and oxygen atoms in total. The van der Waals surface area contributed by atoms with E-state index in [1.165, 1.54) is 0 Å². The fourth-order valence-corrected chi connectivity index (χ4v) is 2.02. The molecule has 0 bridgehead atoms. The standard InChI is InChI=1S/C13H22NOSi/c1-11-8-7-9-12(14-11)10-15-16(5,6)13(2,3)4/h7-9H,1,10H2,2-6H3. The summed E-state index contributed by atoms with van der Waals surface area (Å²) in [6.45, 7) is 15.6. The summed E-state index contributed by atoms with van der Waals surface area (Å²) in [5, 5.41) is 0.245. The fraction of sp³-hybridized carbons (Fsp3) is 0.538. The first-order chi connectivity index (χ1) is 7.22. The number of hydrogen-bond donors (Lipinski definition) is 0. The Bertz CT molecular complexity index is 355. The van der Waals surface area contributed by atoms with Crippen LogP contribution in [0.1, 0.15) is 32.2 Å². The Hall–Kier alpha value is -0.673. The Morgan fingerprint density at radius 3 is 2.44 bits per heavy atom. The highest BCUT2D eigenvalue weighted by atomic mass is 28.4. The average molecular weight is 236 g/mol. The second-order valence-electron chi connectivity index (χ2n) is 5.67. The number of nitrogens with zero attached hydrogens (tertiary/aromatic N) is 1. The Morgan fingerprint density at radius 2 is 1.94 bits per heavy atom. The molecule has 89 valence electrons. The van der Waals surface area contributed by atoms with Crippen LogP contribution in [-0.4, -0.2) is 13.3 Å². The van der Waals surface area contributed by atoms with E-state index in [0.717, 1.165) is 11.4 Å². The molecule has 0 saturated carbocycles. The summed E-state index contributed by atoms with van der Waals surface area (Å²) in [5.74, 6) is 0. The molecule has 3 heteroatoms. The van der Waals surface area contributed by atoms with Gasteiger partial charge in [-0.2, -0.15) is 0 Å². The largest absolute Gasteiger partial charge is 0.411 e. The maximum Gasteiger partial charge on any atom is 0.192 e. The first-order valence-electron chi connectivity index (χ1n) is 5.64. The smallest absolute Gasteiger partial charge is 0.192 e. The number of rotatable bonds is 3. The minimum Gasteiger partial charge on any atom is -0.411 e. The van der Waals surface area contributed by atoms with E-state index in [9.17, 15) is 0 Å². The molecule has 0 spiro atoms. The Labute approximate surface area is 100 Å². The van der Waals surface area contributed by atoms with Crippen molar-refractivity contribution < 1.29 is 4.43 Å². The average Bonchev–Trinajstić information content (AvgIpc) is 2.13. The summed E-state index contributed by atoms with van der Waals surface area (Å²) in [6.07, 6.45) is 0. The summed E-state index contributed by atoms with van der Waals surface area (Å²) in [6, 6.07) is 5.86. The van der Waals surface area contributed by atoms with Gasteiger partial charge in [-0.15, -0.1) is 0 Å². The maximum absolute atomic E-state index is 6.08. The van der Waals surface area contributed by atoms with Crippen molar-refractivity contribution in [2.24, 2.45) is 0 Å². The molecule has 0 amide bonds. The number of aromatic nitrogens is 1. The van der Waals surface area contributed by atoms with Gasteiger partial charge in [0.05, 0.1) is 12.3 Å². The van der Waals surface area contributed by atoms with Crippen LogP contribution in [0.3, 0.4) is 0 Å². The molecular weight excluding hydrogens is 214 g/mol. The van der Waals surface area contributed by atoms with Crippen molar-refractivity contribution in [2.45, 2.75) is 45.5 Å². The van der Waals surface area contributed by atoms with E-state index in [-0.39, 0.29) is 5.04 Å². The number of hydrogen-bond acceptors (Lipinski definition) is 2. The molecule has 0 aliphatic carbocycles. The third-order valence-electron chi connectivity index (χ3n) is 3.25. The van der Waals surface area contributed by atoms with Crippen LogP contribution in [0.2, 0.25) is 18.1 Å². The zero-order chi connectivity index (χ0) is 12.4. The van der Waals surface area contributed by atoms with E-state index < -0.39 is 8.32 Å². The van der Waals surface area contributed by atoms with Crippen LogP contribution in [0, 0.1) is 6.92 Å². The van der Waals surface area contributed by atoms with E-state index in [0.29, 0.717) is 6.61 Å². The van der Waals surface area contributed by atoms with Crippen molar-refractivity contribution >= 4 is 8.32 Å². The van der Waals surface area contributed by atoms with Gasteiger partial charge >= 0.3 is 0 Å². The highest BCUT2D eigenvalue weighted by Gasteiger charge is 2.37. The minimum absolute atomic E-state index is 0.245. The number of pyridine rings is 1. The molecule has 0 N–H and O–H groups in total. The fourth-order valence-electron chi connectivity index (χ4n) is 1.08. The van der Waals surface area contributed by atoms with Gasteiger partial charge in [0, 0.05) is 5.69 Å². The van der Waals surface area contributed by atoms with E-state index >= 15 is 0 Å². The molecule has 1 heterocycles. The zero-order valence-electron chi connectivity index (χ0n) is 11.0. The third-order valence-corrected chi connectivity index (χ3v) is 7.73. The van der Waals surface area contributed by atoms with Gasteiger partial charge in [-0.1, -0.05) is 26.8 Å². The van der Waals surface area contributed by atoms with Crippen molar-refractivity contribution in [3.8, 4) is 0 Å². The van der Waals surface area contributed by atoms with Crippen molar-refractivity contribution in [3.05, 3.63) is 36.5 Å². The molecule has 0 aliphatic rings. The van der Waals surface area contributed by atoms with Crippen molar-refractivity contribution in [1.82, 2.24) is 4.98 Å². The second-order valence-corrected chi connectivity index (χ2v) is 10.5. The van der Waals surface area contributed by atoms with Crippen molar-refractivity contribution in [1.29, 1.82) is 0 Å². The topological polar surface area (TPSA) is 22.1 Å².